The molecule has 0 unspecified atom stereocenters. The molecule has 0 saturated heterocycles. The molecule has 0 radical (unpaired) electrons. The topological polar surface area (TPSA) is 82.2 Å². The van der Waals surface area contributed by atoms with Gasteiger partial charge in [0.25, 0.3) is 5.91 Å². The van der Waals surface area contributed by atoms with Crippen LogP contribution in [0, 0.1) is 6.92 Å². The van der Waals surface area contributed by atoms with Crippen molar-refractivity contribution < 1.29 is 14.1 Å². The lowest BCUT2D eigenvalue weighted by atomic mass is 10.1. The van der Waals surface area contributed by atoms with Gasteiger partial charge in [-0.05, 0) is 48.8 Å². The molecule has 2 aromatic heterocycles. The van der Waals surface area contributed by atoms with Crippen LogP contribution in [0.4, 0.5) is 5.82 Å². The minimum Gasteiger partial charge on any atom is -0.460 e. The maximum absolute atomic E-state index is 12.5. The largest absolute Gasteiger partial charge is 0.460 e. The van der Waals surface area contributed by atoms with Gasteiger partial charge in [0.15, 0.2) is 11.4 Å². The van der Waals surface area contributed by atoms with E-state index in [4.69, 9.17) is 9.26 Å². The van der Waals surface area contributed by atoms with Crippen LogP contribution in [-0.2, 0) is 4.79 Å². The molecule has 2 heterocycles. The summed E-state index contributed by atoms with van der Waals surface area (Å²) >= 11 is 3.42. The van der Waals surface area contributed by atoms with Gasteiger partial charge in [-0.3, -0.25) is 4.79 Å². The maximum Gasteiger partial charge on any atom is 0.269 e. The Balaban J connectivity index is 1.76. The Hall–Kier alpha value is -2.61. The molecule has 0 atom stereocenters. The molecule has 0 aliphatic rings. The minimum absolute atomic E-state index is 0.320. The lowest BCUT2D eigenvalue weighted by Crippen LogP contribution is -2.42. The number of carbonyl (C=O) groups excluding carboxylic acids is 1. The first-order chi connectivity index (χ1) is 11.8. The smallest absolute Gasteiger partial charge is 0.269 e. The summed E-state index contributed by atoms with van der Waals surface area (Å²) in [5.74, 6) is 0.911. The Labute approximate surface area is 153 Å². The summed E-state index contributed by atoms with van der Waals surface area (Å²) in [6, 6.07) is 11.2. The summed E-state index contributed by atoms with van der Waals surface area (Å²) in [5, 5.41) is 10.8. The highest BCUT2D eigenvalue weighted by Gasteiger charge is 2.32. The Bertz CT molecular complexity index is 886. The highest BCUT2D eigenvalue weighted by atomic mass is 79.9. The average Bonchev–Trinajstić information content (AvgIpc) is 3.14. The van der Waals surface area contributed by atoms with E-state index in [1.165, 1.54) is 0 Å². The molecule has 3 rings (SSSR count). The predicted molar refractivity (Wildman–Crippen MR) is 95.8 cm³/mol. The van der Waals surface area contributed by atoms with Crippen LogP contribution in [0.15, 0.2) is 51.6 Å². The summed E-state index contributed by atoms with van der Waals surface area (Å²) in [6.45, 7) is 5.06. The van der Waals surface area contributed by atoms with Crippen molar-refractivity contribution in [3.8, 4) is 11.6 Å². The van der Waals surface area contributed by atoms with E-state index in [0.717, 1.165) is 5.69 Å². The van der Waals surface area contributed by atoms with Crippen LogP contribution < -0.4 is 10.1 Å². The Morgan fingerprint density at radius 1 is 1.32 bits per heavy atom. The molecular formula is C17H17BrN4O3. The molecule has 130 valence electrons. The number of anilines is 1. The third-order valence-electron chi connectivity index (χ3n) is 3.43. The number of hydrogen-bond acceptors (Lipinski definition) is 5. The van der Waals surface area contributed by atoms with Crippen LogP contribution in [0.5, 0.6) is 5.88 Å². The first kappa shape index (κ1) is 17.2. The van der Waals surface area contributed by atoms with Gasteiger partial charge in [0, 0.05) is 12.3 Å². The zero-order valence-electron chi connectivity index (χ0n) is 14.0. The number of aromatic nitrogens is 3. The maximum atomic E-state index is 12.5. The second-order valence-electron chi connectivity index (χ2n) is 5.95. The number of ether oxygens (including phenoxy) is 1. The van der Waals surface area contributed by atoms with Crippen molar-refractivity contribution in [1.29, 1.82) is 0 Å². The lowest BCUT2D eigenvalue weighted by Gasteiger charge is -2.23. The molecular weight excluding hydrogens is 388 g/mol. The SMILES string of the molecule is Cc1cc(NC(=O)C(C)(C)Oc2nn(-c3ccccc3)cc2Br)no1. The molecule has 1 amide bonds. The fourth-order valence-corrected chi connectivity index (χ4v) is 2.45. The number of benzene rings is 1. The Morgan fingerprint density at radius 3 is 2.68 bits per heavy atom. The van der Waals surface area contributed by atoms with Crippen molar-refractivity contribution >= 4 is 27.7 Å². The van der Waals surface area contributed by atoms with E-state index >= 15 is 0 Å². The van der Waals surface area contributed by atoms with Crippen LogP contribution in [0.3, 0.4) is 0 Å². The van der Waals surface area contributed by atoms with Gasteiger partial charge in [-0.2, -0.15) is 0 Å². The molecule has 0 saturated carbocycles. The van der Waals surface area contributed by atoms with E-state index < -0.39 is 5.60 Å². The Kier molecular flexibility index (Phi) is 4.63. The van der Waals surface area contributed by atoms with Crippen molar-refractivity contribution in [2.75, 3.05) is 5.32 Å². The van der Waals surface area contributed by atoms with E-state index in [2.05, 4.69) is 31.5 Å². The normalized spacial score (nSPS) is 11.4. The standard InChI is InChI=1S/C17H17BrN4O3/c1-11-9-14(21-25-11)19-16(23)17(2,3)24-15-13(18)10-22(20-15)12-7-5-4-6-8-12/h4-10H,1-3H3,(H,19,21,23). The lowest BCUT2D eigenvalue weighted by molar-refractivity contribution is -0.128. The number of amides is 1. The third-order valence-corrected chi connectivity index (χ3v) is 3.97. The number of carbonyl (C=O) groups is 1. The minimum atomic E-state index is -1.16. The third kappa shape index (κ3) is 3.90. The van der Waals surface area contributed by atoms with Gasteiger partial charge in [-0.15, -0.1) is 5.10 Å². The molecule has 1 aromatic carbocycles. The second-order valence-corrected chi connectivity index (χ2v) is 6.81. The number of aryl methyl sites for hydroxylation is 1. The highest BCUT2D eigenvalue weighted by Crippen LogP contribution is 2.28. The van der Waals surface area contributed by atoms with Gasteiger partial charge in [-0.25, -0.2) is 4.68 Å². The fraction of sp³-hybridized carbons (Fsp3) is 0.235. The molecule has 25 heavy (non-hydrogen) atoms. The van der Waals surface area contributed by atoms with Gasteiger partial charge in [0.1, 0.15) is 5.76 Å². The number of nitrogens with zero attached hydrogens (tertiary/aromatic N) is 3. The van der Waals surface area contributed by atoms with Crippen molar-refractivity contribution in [2.24, 2.45) is 0 Å². The quantitative estimate of drug-likeness (QED) is 0.700. The molecule has 0 aliphatic heterocycles. The van der Waals surface area contributed by atoms with Gasteiger partial charge >= 0.3 is 0 Å². The van der Waals surface area contributed by atoms with Gasteiger partial charge < -0.3 is 14.6 Å². The first-order valence-electron chi connectivity index (χ1n) is 7.59. The van der Waals surface area contributed by atoms with Crippen molar-refractivity contribution in [2.45, 2.75) is 26.4 Å². The van der Waals surface area contributed by atoms with Gasteiger partial charge in [-0.1, -0.05) is 23.4 Å². The number of halogens is 1. The van der Waals surface area contributed by atoms with Crippen molar-refractivity contribution in [1.82, 2.24) is 14.9 Å². The molecule has 3 aromatic rings. The van der Waals surface area contributed by atoms with E-state index in [1.54, 1.807) is 37.7 Å². The zero-order valence-corrected chi connectivity index (χ0v) is 15.6. The highest BCUT2D eigenvalue weighted by molar-refractivity contribution is 9.10. The first-order valence-corrected chi connectivity index (χ1v) is 8.39. The summed E-state index contributed by atoms with van der Waals surface area (Å²) in [7, 11) is 0. The zero-order chi connectivity index (χ0) is 18.0. The monoisotopic (exact) mass is 404 g/mol. The van der Waals surface area contributed by atoms with Crippen LogP contribution in [-0.4, -0.2) is 26.4 Å². The molecule has 7 nitrogen and oxygen atoms in total. The second kappa shape index (κ2) is 6.72. The number of hydrogen-bond donors (Lipinski definition) is 1. The molecule has 1 N–H and O–H groups in total. The molecule has 8 heteroatoms. The van der Waals surface area contributed by atoms with Crippen molar-refractivity contribution in [3.05, 3.63) is 52.8 Å². The average molecular weight is 405 g/mol. The van der Waals surface area contributed by atoms with E-state index in [1.807, 2.05) is 30.3 Å². The van der Waals surface area contributed by atoms with Crippen molar-refractivity contribution in [3.63, 3.8) is 0 Å². The van der Waals surface area contributed by atoms with E-state index in [-0.39, 0.29) is 5.91 Å². The Morgan fingerprint density at radius 2 is 2.04 bits per heavy atom. The van der Waals surface area contributed by atoms with Gasteiger partial charge in [0.05, 0.1) is 10.2 Å². The molecule has 0 fully saturated rings. The molecule has 0 bridgehead atoms. The summed E-state index contributed by atoms with van der Waals surface area (Å²) in [4.78, 5) is 12.5. The predicted octanol–water partition coefficient (Wildman–Crippen LogP) is 3.73. The van der Waals surface area contributed by atoms with Gasteiger partial charge in [0.2, 0.25) is 5.88 Å². The van der Waals surface area contributed by atoms with Crippen LogP contribution in [0.1, 0.15) is 19.6 Å². The summed E-state index contributed by atoms with van der Waals surface area (Å²) in [6.07, 6.45) is 1.78. The number of rotatable bonds is 5. The number of para-hydroxylation sites is 1. The van der Waals surface area contributed by atoms with Crippen LogP contribution in [0.2, 0.25) is 0 Å². The fourth-order valence-electron chi connectivity index (χ4n) is 2.10. The molecule has 0 aliphatic carbocycles. The van der Waals surface area contributed by atoms with E-state index in [9.17, 15) is 4.79 Å². The number of nitrogens with one attached hydrogen (secondary N) is 1. The summed E-state index contributed by atoms with van der Waals surface area (Å²) in [5.41, 5.74) is -0.274. The van der Waals surface area contributed by atoms with Crippen LogP contribution in [0.25, 0.3) is 5.69 Å². The van der Waals surface area contributed by atoms with E-state index in [0.29, 0.717) is 21.9 Å². The summed E-state index contributed by atoms with van der Waals surface area (Å²) < 4.78 is 13.1. The van der Waals surface area contributed by atoms with Crippen LogP contribution >= 0.6 is 15.9 Å². The molecule has 0 spiro atoms.